The zero-order valence-corrected chi connectivity index (χ0v) is 16.3. The van der Waals surface area contributed by atoms with Gasteiger partial charge in [0.25, 0.3) is 5.91 Å². The van der Waals surface area contributed by atoms with Crippen LogP contribution < -0.4 is 10.6 Å². The maximum Gasteiger partial charge on any atom is 0.325 e. The van der Waals surface area contributed by atoms with Crippen LogP contribution in [0.3, 0.4) is 0 Å². The normalized spacial score (nSPS) is 16.5. The van der Waals surface area contributed by atoms with Crippen molar-refractivity contribution in [3.05, 3.63) is 63.2 Å². The minimum absolute atomic E-state index is 0.304. The van der Waals surface area contributed by atoms with Gasteiger partial charge in [0, 0.05) is 15.7 Å². The van der Waals surface area contributed by atoms with E-state index >= 15 is 0 Å². The van der Waals surface area contributed by atoms with Gasteiger partial charge in [0.2, 0.25) is 5.91 Å². The van der Waals surface area contributed by atoms with Crippen LogP contribution in [0.4, 0.5) is 10.5 Å². The second-order valence-corrected chi connectivity index (χ2v) is 7.37. The van der Waals surface area contributed by atoms with Gasteiger partial charge in [0.15, 0.2) is 0 Å². The quantitative estimate of drug-likeness (QED) is 0.529. The van der Waals surface area contributed by atoms with E-state index < -0.39 is 18.0 Å². The van der Waals surface area contributed by atoms with E-state index in [2.05, 4.69) is 33.2 Å². The lowest BCUT2D eigenvalue weighted by Gasteiger charge is -2.14. The molecule has 0 bridgehead atoms. The highest BCUT2D eigenvalue weighted by molar-refractivity contribution is 14.1. The number of carbonyl (C=O) groups excluding carboxylic acids is 3. The van der Waals surface area contributed by atoms with Crippen molar-refractivity contribution in [2.45, 2.75) is 19.4 Å². The molecular formula is C19H18IN3O3. The number of benzene rings is 2. The highest BCUT2D eigenvalue weighted by Crippen LogP contribution is 2.18. The first-order chi connectivity index (χ1) is 12.4. The van der Waals surface area contributed by atoms with Crippen LogP contribution in [0.25, 0.3) is 0 Å². The Morgan fingerprint density at radius 1 is 1.19 bits per heavy atom. The van der Waals surface area contributed by atoms with E-state index in [1.165, 1.54) is 0 Å². The molecule has 0 radical (unpaired) electrons. The van der Waals surface area contributed by atoms with Crippen LogP contribution >= 0.6 is 22.6 Å². The summed E-state index contributed by atoms with van der Waals surface area (Å²) in [6.45, 7) is 1.59. The molecular weight excluding hydrogens is 445 g/mol. The van der Waals surface area contributed by atoms with Crippen LogP contribution in [-0.2, 0) is 16.0 Å². The number of anilines is 1. The molecule has 1 atom stereocenters. The number of amides is 4. The lowest BCUT2D eigenvalue weighted by atomic mass is 10.1. The molecule has 0 spiro atoms. The SMILES string of the molecule is Cc1cc(I)ccc1NC(=O)CN1C(=O)NC(Cc2ccccc2)C1=O. The zero-order chi connectivity index (χ0) is 18.7. The van der Waals surface area contributed by atoms with Gasteiger partial charge in [-0.2, -0.15) is 0 Å². The van der Waals surface area contributed by atoms with Crippen molar-refractivity contribution in [1.29, 1.82) is 0 Å². The molecule has 1 heterocycles. The molecule has 2 N–H and O–H groups in total. The van der Waals surface area contributed by atoms with Gasteiger partial charge in [0.05, 0.1) is 0 Å². The number of hydrogen-bond donors (Lipinski definition) is 2. The smallest absolute Gasteiger partial charge is 0.325 e. The molecule has 1 aliphatic rings. The molecule has 2 aromatic rings. The number of hydrogen-bond acceptors (Lipinski definition) is 3. The van der Waals surface area contributed by atoms with E-state index in [0.717, 1.165) is 19.6 Å². The number of rotatable bonds is 5. The second-order valence-electron chi connectivity index (χ2n) is 6.12. The summed E-state index contributed by atoms with van der Waals surface area (Å²) in [6, 6.07) is 13.9. The Balaban J connectivity index is 1.63. The van der Waals surface area contributed by atoms with Gasteiger partial charge in [-0.25, -0.2) is 4.79 Å². The summed E-state index contributed by atoms with van der Waals surface area (Å²) in [6.07, 6.45) is 0.403. The zero-order valence-electron chi connectivity index (χ0n) is 14.2. The third kappa shape index (κ3) is 4.21. The number of nitrogens with zero attached hydrogens (tertiary/aromatic N) is 1. The van der Waals surface area contributed by atoms with E-state index in [-0.39, 0.29) is 12.5 Å². The first kappa shape index (κ1) is 18.4. The molecule has 134 valence electrons. The Bertz CT molecular complexity index is 854. The average molecular weight is 463 g/mol. The summed E-state index contributed by atoms with van der Waals surface area (Å²) in [7, 11) is 0. The maximum atomic E-state index is 12.5. The summed E-state index contributed by atoms with van der Waals surface area (Å²) in [5.74, 6) is -0.786. The predicted octanol–water partition coefficient (Wildman–Crippen LogP) is 2.70. The van der Waals surface area contributed by atoms with Crippen molar-refractivity contribution in [2.75, 3.05) is 11.9 Å². The van der Waals surface area contributed by atoms with Crippen molar-refractivity contribution in [2.24, 2.45) is 0 Å². The van der Waals surface area contributed by atoms with E-state index in [9.17, 15) is 14.4 Å². The summed E-state index contributed by atoms with van der Waals surface area (Å²) < 4.78 is 1.07. The third-order valence-corrected chi connectivity index (χ3v) is 4.82. The predicted molar refractivity (Wildman–Crippen MR) is 107 cm³/mol. The van der Waals surface area contributed by atoms with Crippen molar-refractivity contribution in [3.63, 3.8) is 0 Å². The molecule has 7 heteroatoms. The molecule has 26 heavy (non-hydrogen) atoms. The van der Waals surface area contributed by atoms with Crippen LogP contribution in [0.5, 0.6) is 0 Å². The fourth-order valence-corrected chi connectivity index (χ4v) is 3.46. The van der Waals surface area contributed by atoms with Crippen LogP contribution in [0.2, 0.25) is 0 Å². The van der Waals surface area contributed by atoms with Gasteiger partial charge in [-0.1, -0.05) is 30.3 Å². The summed E-state index contributed by atoms with van der Waals surface area (Å²) in [4.78, 5) is 37.8. The molecule has 1 fully saturated rings. The van der Waals surface area contributed by atoms with Crippen molar-refractivity contribution in [3.8, 4) is 0 Å². The topological polar surface area (TPSA) is 78.5 Å². The molecule has 3 rings (SSSR count). The molecule has 1 saturated heterocycles. The molecule has 0 aliphatic carbocycles. The van der Waals surface area contributed by atoms with Crippen LogP contribution in [0.15, 0.2) is 48.5 Å². The van der Waals surface area contributed by atoms with Crippen LogP contribution in [0, 0.1) is 10.5 Å². The monoisotopic (exact) mass is 463 g/mol. The Morgan fingerprint density at radius 2 is 1.92 bits per heavy atom. The Hall–Kier alpha value is -2.42. The number of nitrogens with one attached hydrogen (secondary N) is 2. The Morgan fingerprint density at radius 3 is 2.62 bits per heavy atom. The summed E-state index contributed by atoms with van der Waals surface area (Å²) in [5.41, 5.74) is 2.54. The van der Waals surface area contributed by atoms with Crippen molar-refractivity contribution < 1.29 is 14.4 Å². The highest BCUT2D eigenvalue weighted by Gasteiger charge is 2.38. The third-order valence-electron chi connectivity index (χ3n) is 4.15. The molecule has 1 unspecified atom stereocenters. The fraction of sp³-hybridized carbons (Fsp3) is 0.211. The van der Waals surface area contributed by atoms with Crippen molar-refractivity contribution in [1.82, 2.24) is 10.2 Å². The molecule has 0 saturated carbocycles. The second kappa shape index (κ2) is 7.86. The summed E-state index contributed by atoms with van der Waals surface area (Å²) in [5, 5.41) is 5.40. The molecule has 0 aromatic heterocycles. The summed E-state index contributed by atoms with van der Waals surface area (Å²) >= 11 is 2.19. The average Bonchev–Trinajstić information content (AvgIpc) is 2.86. The molecule has 6 nitrogen and oxygen atoms in total. The van der Waals surface area contributed by atoms with Crippen LogP contribution in [-0.4, -0.2) is 35.3 Å². The highest BCUT2D eigenvalue weighted by atomic mass is 127. The Labute approximate surface area is 165 Å². The van der Waals surface area contributed by atoms with Gasteiger partial charge >= 0.3 is 6.03 Å². The fourth-order valence-electron chi connectivity index (χ4n) is 2.82. The van der Waals surface area contributed by atoms with E-state index in [4.69, 9.17) is 0 Å². The van der Waals surface area contributed by atoms with Crippen LogP contribution in [0.1, 0.15) is 11.1 Å². The van der Waals surface area contributed by atoms with E-state index in [1.807, 2.05) is 49.4 Å². The van der Waals surface area contributed by atoms with E-state index in [0.29, 0.717) is 12.1 Å². The maximum absolute atomic E-state index is 12.5. The molecule has 1 aliphatic heterocycles. The largest absolute Gasteiger partial charge is 0.325 e. The van der Waals surface area contributed by atoms with Gasteiger partial charge in [0.1, 0.15) is 12.6 Å². The lowest BCUT2D eigenvalue weighted by molar-refractivity contribution is -0.130. The van der Waals surface area contributed by atoms with Gasteiger partial charge in [-0.05, 0) is 58.8 Å². The van der Waals surface area contributed by atoms with E-state index in [1.54, 1.807) is 6.07 Å². The standard InChI is InChI=1S/C19H18IN3O3/c1-12-9-14(20)7-8-15(12)21-17(24)11-23-18(25)16(22-19(23)26)10-13-5-3-2-4-6-13/h2-9,16H,10-11H2,1H3,(H,21,24)(H,22,26). The van der Waals surface area contributed by atoms with Gasteiger partial charge in [-0.3, -0.25) is 14.5 Å². The number of aryl methyl sites for hydroxylation is 1. The van der Waals surface area contributed by atoms with Crippen molar-refractivity contribution >= 4 is 46.1 Å². The number of carbonyl (C=O) groups is 3. The molecule has 2 aromatic carbocycles. The number of urea groups is 1. The lowest BCUT2D eigenvalue weighted by Crippen LogP contribution is -2.38. The first-order valence-corrected chi connectivity index (χ1v) is 9.23. The first-order valence-electron chi connectivity index (χ1n) is 8.16. The van der Waals surface area contributed by atoms with Gasteiger partial charge in [-0.15, -0.1) is 0 Å². The Kier molecular flexibility index (Phi) is 5.55. The minimum atomic E-state index is -0.641. The minimum Gasteiger partial charge on any atom is -0.325 e. The number of imide groups is 1. The molecule has 4 amide bonds. The number of halogens is 1. The van der Waals surface area contributed by atoms with Gasteiger partial charge < -0.3 is 10.6 Å².